The Kier molecular flexibility index (Phi) is 5.24. The Morgan fingerprint density at radius 1 is 1.15 bits per heavy atom. The van der Waals surface area contributed by atoms with E-state index in [4.69, 9.17) is 17.0 Å². The first-order valence-electron chi connectivity index (χ1n) is 7.79. The predicted molar refractivity (Wildman–Crippen MR) is 99.8 cm³/mol. The second-order valence-electron chi connectivity index (χ2n) is 5.55. The molecule has 0 bridgehead atoms. The number of amides is 1. The number of carbonyl (C=O) groups is 1. The lowest BCUT2D eigenvalue weighted by molar-refractivity contribution is 0.0976. The number of rotatable bonds is 4. The smallest absolute Gasteiger partial charge is 0.258 e. The predicted octanol–water partition coefficient (Wildman–Crippen LogP) is 2.70. The van der Waals surface area contributed by atoms with Crippen LogP contribution in [0.25, 0.3) is 0 Å². The molecule has 0 saturated carbocycles. The van der Waals surface area contributed by atoms with Crippen LogP contribution < -0.4 is 10.9 Å². The molecule has 0 aliphatic heterocycles. The molecule has 1 amide bonds. The number of benzene rings is 1. The van der Waals surface area contributed by atoms with Gasteiger partial charge in [0.05, 0.1) is 17.1 Å². The Morgan fingerprint density at radius 3 is 2.69 bits per heavy atom. The van der Waals surface area contributed by atoms with Crippen molar-refractivity contribution in [2.75, 3.05) is 0 Å². The molecule has 2 N–H and O–H groups in total. The van der Waals surface area contributed by atoms with Crippen LogP contribution in [0.3, 0.4) is 0 Å². The van der Waals surface area contributed by atoms with Crippen molar-refractivity contribution in [1.82, 2.24) is 14.9 Å². The average molecular weight is 367 g/mol. The maximum atomic E-state index is 12.4. The summed E-state index contributed by atoms with van der Waals surface area (Å²) in [6.45, 7) is 0.301. The lowest BCUT2D eigenvalue weighted by atomic mass is 10.2. The number of hydrogen-bond donors (Lipinski definition) is 2. The van der Waals surface area contributed by atoms with Crippen molar-refractivity contribution in [2.24, 2.45) is 0 Å². The second kappa shape index (κ2) is 7.76. The molecular formula is C19H15ClN4O2. The van der Waals surface area contributed by atoms with Gasteiger partial charge in [0.25, 0.3) is 11.5 Å². The van der Waals surface area contributed by atoms with Gasteiger partial charge in [-0.25, -0.2) is 0 Å². The minimum absolute atomic E-state index is 0.106. The van der Waals surface area contributed by atoms with Crippen molar-refractivity contribution < 1.29 is 4.79 Å². The van der Waals surface area contributed by atoms with Crippen molar-refractivity contribution in [3.63, 3.8) is 0 Å². The second-order valence-corrected chi connectivity index (χ2v) is 5.96. The molecule has 7 heteroatoms. The highest BCUT2D eigenvalue weighted by molar-refractivity contribution is 6.34. The number of halogens is 1. The zero-order chi connectivity index (χ0) is 18.5. The molecule has 0 spiro atoms. The molecule has 0 atom stereocenters. The quantitative estimate of drug-likeness (QED) is 0.549. The molecule has 0 aliphatic carbocycles. The van der Waals surface area contributed by atoms with E-state index in [9.17, 15) is 9.59 Å². The third kappa shape index (κ3) is 4.04. The standard InChI is InChI=1S/C19H15ClN4O2/c20-16-6-2-1-5-15(16)18(21)23-19(26)14-7-8-17(25)24(12-14)11-13-4-3-9-22-10-13/h1-10,12H,11H2,(H2,21,23,26). The molecule has 130 valence electrons. The van der Waals surface area contributed by atoms with Gasteiger partial charge in [0.15, 0.2) is 0 Å². The molecule has 0 aliphatic rings. The van der Waals surface area contributed by atoms with Crippen molar-refractivity contribution in [3.05, 3.63) is 99.2 Å². The SMILES string of the molecule is N=C(NC(=O)c1ccc(=O)n(Cc2cccnc2)c1)c1ccccc1Cl. The zero-order valence-corrected chi connectivity index (χ0v) is 14.4. The molecule has 0 fully saturated rings. The zero-order valence-electron chi connectivity index (χ0n) is 13.6. The molecule has 0 unspecified atom stereocenters. The van der Waals surface area contributed by atoms with Crippen LogP contribution in [0.5, 0.6) is 0 Å². The summed E-state index contributed by atoms with van der Waals surface area (Å²) in [6, 6.07) is 13.1. The van der Waals surface area contributed by atoms with Gasteiger partial charge in [0.2, 0.25) is 0 Å². The fourth-order valence-corrected chi connectivity index (χ4v) is 2.62. The van der Waals surface area contributed by atoms with E-state index in [1.54, 1.807) is 42.7 Å². The molecule has 3 aromatic rings. The van der Waals surface area contributed by atoms with Crippen LogP contribution in [0.15, 0.2) is 71.9 Å². The van der Waals surface area contributed by atoms with Gasteiger partial charge in [-0.15, -0.1) is 0 Å². The first kappa shape index (κ1) is 17.6. The fourth-order valence-electron chi connectivity index (χ4n) is 2.39. The fraction of sp³-hybridized carbons (Fsp3) is 0.0526. The van der Waals surface area contributed by atoms with E-state index in [1.807, 2.05) is 6.07 Å². The number of aromatic nitrogens is 2. The lowest BCUT2D eigenvalue weighted by Gasteiger charge is -2.10. The summed E-state index contributed by atoms with van der Waals surface area (Å²) in [6.07, 6.45) is 4.77. The largest absolute Gasteiger partial charge is 0.310 e. The summed E-state index contributed by atoms with van der Waals surface area (Å²) < 4.78 is 1.42. The molecule has 26 heavy (non-hydrogen) atoms. The normalized spacial score (nSPS) is 10.3. The number of hydrogen-bond acceptors (Lipinski definition) is 4. The highest BCUT2D eigenvalue weighted by atomic mass is 35.5. The van der Waals surface area contributed by atoms with Gasteiger partial charge < -0.3 is 9.88 Å². The minimum Gasteiger partial charge on any atom is -0.310 e. The van der Waals surface area contributed by atoms with Crippen molar-refractivity contribution in [1.29, 1.82) is 5.41 Å². The van der Waals surface area contributed by atoms with Crippen LogP contribution in [0.2, 0.25) is 5.02 Å². The van der Waals surface area contributed by atoms with Gasteiger partial charge in [-0.05, 0) is 29.8 Å². The molecule has 2 heterocycles. The summed E-state index contributed by atoms with van der Waals surface area (Å²) in [4.78, 5) is 28.5. The first-order valence-corrected chi connectivity index (χ1v) is 8.16. The van der Waals surface area contributed by atoms with E-state index < -0.39 is 5.91 Å². The monoisotopic (exact) mass is 366 g/mol. The Bertz CT molecular complexity index is 1020. The summed E-state index contributed by atoms with van der Waals surface area (Å²) in [5.74, 6) is -0.597. The third-order valence-electron chi connectivity index (χ3n) is 3.70. The molecular weight excluding hydrogens is 352 g/mol. The van der Waals surface area contributed by atoms with E-state index in [0.29, 0.717) is 17.1 Å². The number of nitrogens with one attached hydrogen (secondary N) is 2. The van der Waals surface area contributed by atoms with Crippen LogP contribution in [-0.4, -0.2) is 21.3 Å². The molecule has 3 rings (SSSR count). The van der Waals surface area contributed by atoms with Crippen molar-refractivity contribution >= 4 is 23.3 Å². The molecule has 0 radical (unpaired) electrons. The Hall–Kier alpha value is -3.25. The lowest BCUT2D eigenvalue weighted by Crippen LogP contribution is -2.32. The number of amidine groups is 1. The van der Waals surface area contributed by atoms with Gasteiger partial charge in [0, 0.05) is 30.2 Å². The van der Waals surface area contributed by atoms with Crippen LogP contribution in [0.4, 0.5) is 0 Å². The molecule has 6 nitrogen and oxygen atoms in total. The topological polar surface area (TPSA) is 87.8 Å². The maximum Gasteiger partial charge on any atom is 0.258 e. The van der Waals surface area contributed by atoms with Crippen LogP contribution in [0, 0.1) is 5.41 Å². The van der Waals surface area contributed by atoms with E-state index in [1.165, 1.54) is 22.9 Å². The van der Waals surface area contributed by atoms with Crippen LogP contribution in [0.1, 0.15) is 21.5 Å². The summed E-state index contributed by atoms with van der Waals surface area (Å²) in [7, 11) is 0. The highest BCUT2D eigenvalue weighted by Gasteiger charge is 2.13. The molecule has 1 aromatic carbocycles. The summed E-state index contributed by atoms with van der Waals surface area (Å²) in [5, 5.41) is 10.9. The average Bonchev–Trinajstić information content (AvgIpc) is 2.64. The third-order valence-corrected chi connectivity index (χ3v) is 4.03. The van der Waals surface area contributed by atoms with Crippen LogP contribution >= 0.6 is 11.6 Å². The van der Waals surface area contributed by atoms with E-state index in [0.717, 1.165) is 5.56 Å². The number of pyridine rings is 2. The van der Waals surface area contributed by atoms with E-state index in [-0.39, 0.29) is 17.0 Å². The van der Waals surface area contributed by atoms with E-state index in [2.05, 4.69) is 10.3 Å². The summed E-state index contributed by atoms with van der Waals surface area (Å²) >= 11 is 6.04. The van der Waals surface area contributed by atoms with Gasteiger partial charge in [0.1, 0.15) is 5.84 Å². The van der Waals surface area contributed by atoms with Gasteiger partial charge in [-0.3, -0.25) is 20.0 Å². The molecule has 2 aromatic heterocycles. The first-order chi connectivity index (χ1) is 12.5. The molecule has 0 saturated heterocycles. The Balaban J connectivity index is 1.80. The van der Waals surface area contributed by atoms with Gasteiger partial charge in [-0.2, -0.15) is 0 Å². The van der Waals surface area contributed by atoms with Crippen LogP contribution in [-0.2, 0) is 6.54 Å². The van der Waals surface area contributed by atoms with E-state index >= 15 is 0 Å². The van der Waals surface area contributed by atoms with Crippen molar-refractivity contribution in [2.45, 2.75) is 6.54 Å². The Labute approximate surface area is 154 Å². The van der Waals surface area contributed by atoms with Crippen molar-refractivity contribution in [3.8, 4) is 0 Å². The highest BCUT2D eigenvalue weighted by Crippen LogP contribution is 2.14. The minimum atomic E-state index is -0.491. The van der Waals surface area contributed by atoms with Gasteiger partial charge >= 0.3 is 0 Å². The van der Waals surface area contributed by atoms with Gasteiger partial charge in [-0.1, -0.05) is 29.8 Å². The number of nitrogens with zero attached hydrogens (tertiary/aromatic N) is 2. The maximum absolute atomic E-state index is 12.4. The summed E-state index contributed by atoms with van der Waals surface area (Å²) in [5.41, 5.74) is 1.30. The number of carbonyl (C=O) groups excluding carboxylic acids is 1. The Morgan fingerprint density at radius 2 is 1.96 bits per heavy atom.